The lowest BCUT2D eigenvalue weighted by Gasteiger charge is -2.36. The van der Waals surface area contributed by atoms with Crippen LogP contribution in [0.2, 0.25) is 0 Å². The summed E-state index contributed by atoms with van der Waals surface area (Å²) in [7, 11) is 1.89. The predicted molar refractivity (Wildman–Crippen MR) is 75.8 cm³/mol. The van der Waals surface area contributed by atoms with E-state index in [4.69, 9.17) is 9.26 Å². The number of rotatable bonds is 3. The molecule has 1 aromatic heterocycles. The quantitative estimate of drug-likeness (QED) is 0.837. The van der Waals surface area contributed by atoms with E-state index in [1.807, 2.05) is 44.5 Å². The summed E-state index contributed by atoms with van der Waals surface area (Å²) in [4.78, 5) is 16.2. The van der Waals surface area contributed by atoms with E-state index in [0.29, 0.717) is 19.6 Å². The maximum atomic E-state index is 12.4. The van der Waals surface area contributed by atoms with Crippen LogP contribution in [0.5, 0.6) is 0 Å². The first kappa shape index (κ1) is 14.8. The summed E-state index contributed by atoms with van der Waals surface area (Å²) < 4.78 is 10.8. The Kier molecular flexibility index (Phi) is 4.32. The fourth-order valence-electron chi connectivity index (χ4n) is 2.79. The number of hydrogen-bond acceptors (Lipinski definition) is 5. The topological polar surface area (TPSA) is 58.8 Å². The Balaban J connectivity index is 2.01. The smallest absolute Gasteiger partial charge is 0.242 e. The summed E-state index contributed by atoms with van der Waals surface area (Å²) in [6, 6.07) is 0. The number of morpholine rings is 1. The van der Waals surface area contributed by atoms with E-state index in [9.17, 15) is 4.79 Å². The molecule has 0 radical (unpaired) electrons. The van der Waals surface area contributed by atoms with E-state index in [2.05, 4.69) is 5.16 Å². The van der Waals surface area contributed by atoms with E-state index in [1.54, 1.807) is 0 Å². The largest absolute Gasteiger partial charge is 0.372 e. The van der Waals surface area contributed by atoms with Crippen LogP contribution >= 0.6 is 0 Å². The second kappa shape index (κ2) is 5.83. The van der Waals surface area contributed by atoms with Gasteiger partial charge in [-0.15, -0.1) is 0 Å². The van der Waals surface area contributed by atoms with E-state index >= 15 is 0 Å². The molecule has 0 bridgehead atoms. The summed E-state index contributed by atoms with van der Waals surface area (Å²) >= 11 is 0. The fraction of sp³-hybridized carbons (Fsp3) is 0.714. The van der Waals surface area contributed by atoms with Crippen LogP contribution < -0.4 is 4.90 Å². The lowest BCUT2D eigenvalue weighted by molar-refractivity contribution is -0.141. The molecule has 1 aliphatic heterocycles. The molecular weight excluding hydrogens is 258 g/mol. The van der Waals surface area contributed by atoms with E-state index in [1.165, 1.54) is 0 Å². The van der Waals surface area contributed by atoms with Gasteiger partial charge in [0.2, 0.25) is 5.91 Å². The SMILES string of the molecule is Cc1noc(C)c1N(C)CC(=O)N1CC(C)OC(C)C1. The first-order valence-corrected chi connectivity index (χ1v) is 6.95. The van der Waals surface area contributed by atoms with Gasteiger partial charge in [0.25, 0.3) is 0 Å². The number of anilines is 1. The number of likely N-dealkylation sites (N-methyl/N-ethyl adjacent to an activating group) is 1. The van der Waals surface area contributed by atoms with Crippen molar-refractivity contribution in [3.63, 3.8) is 0 Å². The van der Waals surface area contributed by atoms with Crippen LogP contribution in [0.15, 0.2) is 4.52 Å². The normalized spacial score (nSPS) is 22.9. The third-order valence-electron chi connectivity index (χ3n) is 3.52. The molecule has 2 heterocycles. The highest BCUT2D eigenvalue weighted by molar-refractivity contribution is 5.82. The van der Waals surface area contributed by atoms with E-state index in [0.717, 1.165) is 17.1 Å². The number of amides is 1. The molecule has 1 fully saturated rings. The van der Waals surface area contributed by atoms with Gasteiger partial charge < -0.3 is 19.1 Å². The Morgan fingerprint density at radius 3 is 2.45 bits per heavy atom. The summed E-state index contributed by atoms with van der Waals surface area (Å²) in [5, 5.41) is 3.92. The van der Waals surface area contributed by atoms with Crippen LogP contribution in [0.25, 0.3) is 0 Å². The first-order valence-electron chi connectivity index (χ1n) is 6.95. The molecule has 1 saturated heterocycles. The molecule has 6 heteroatoms. The zero-order chi connectivity index (χ0) is 14.9. The molecule has 0 saturated carbocycles. The average molecular weight is 281 g/mol. The number of aromatic nitrogens is 1. The molecule has 0 aromatic carbocycles. The first-order chi connectivity index (χ1) is 9.38. The summed E-state index contributed by atoms with van der Waals surface area (Å²) in [5.74, 6) is 0.844. The number of ether oxygens (including phenoxy) is 1. The van der Waals surface area contributed by atoms with Crippen LogP contribution in [0.3, 0.4) is 0 Å². The molecule has 1 aromatic rings. The molecule has 20 heavy (non-hydrogen) atoms. The van der Waals surface area contributed by atoms with E-state index in [-0.39, 0.29) is 18.1 Å². The third-order valence-corrected chi connectivity index (χ3v) is 3.52. The number of aryl methyl sites for hydroxylation is 2. The Bertz CT molecular complexity index is 457. The zero-order valence-corrected chi connectivity index (χ0v) is 12.8. The van der Waals surface area contributed by atoms with Crippen molar-refractivity contribution in [2.45, 2.75) is 39.9 Å². The standard InChI is InChI=1S/C14H23N3O3/c1-9-6-17(7-10(2)19-9)13(18)8-16(5)14-11(3)15-20-12(14)4/h9-10H,6-8H2,1-5H3. The molecule has 6 nitrogen and oxygen atoms in total. The van der Waals surface area contributed by atoms with Gasteiger partial charge in [0.15, 0.2) is 5.76 Å². The molecule has 2 unspecified atom stereocenters. The Morgan fingerprint density at radius 1 is 1.35 bits per heavy atom. The number of nitrogens with zero attached hydrogens (tertiary/aromatic N) is 3. The minimum absolute atomic E-state index is 0.0899. The summed E-state index contributed by atoms with van der Waals surface area (Å²) in [5.41, 5.74) is 1.70. The summed E-state index contributed by atoms with van der Waals surface area (Å²) in [6.07, 6.45) is 0.180. The highest BCUT2D eigenvalue weighted by Gasteiger charge is 2.27. The Hall–Kier alpha value is -1.56. The van der Waals surface area contributed by atoms with Crippen LogP contribution in [0.1, 0.15) is 25.3 Å². The maximum Gasteiger partial charge on any atom is 0.242 e. The Labute approximate surface area is 119 Å². The van der Waals surface area contributed by atoms with Gasteiger partial charge in [-0.2, -0.15) is 0 Å². The van der Waals surface area contributed by atoms with Crippen molar-refractivity contribution in [1.82, 2.24) is 10.1 Å². The highest BCUT2D eigenvalue weighted by Crippen LogP contribution is 2.23. The van der Waals surface area contributed by atoms with Crippen LogP contribution in [0.4, 0.5) is 5.69 Å². The summed E-state index contributed by atoms with van der Waals surface area (Å²) in [6.45, 7) is 9.35. The monoisotopic (exact) mass is 281 g/mol. The minimum atomic E-state index is 0.0899. The molecule has 112 valence electrons. The van der Waals surface area contributed by atoms with Gasteiger partial charge in [0, 0.05) is 20.1 Å². The Morgan fingerprint density at radius 2 is 1.95 bits per heavy atom. The molecule has 0 spiro atoms. The molecular formula is C14H23N3O3. The van der Waals surface area contributed by atoms with E-state index < -0.39 is 0 Å². The van der Waals surface area contributed by atoms with Crippen molar-refractivity contribution in [3.05, 3.63) is 11.5 Å². The molecule has 1 amide bonds. The number of hydrogen-bond donors (Lipinski definition) is 0. The van der Waals surface area contributed by atoms with Crippen LogP contribution in [0, 0.1) is 13.8 Å². The predicted octanol–water partition coefficient (Wildman–Crippen LogP) is 1.36. The van der Waals surface area contributed by atoms with Gasteiger partial charge >= 0.3 is 0 Å². The molecule has 0 N–H and O–H groups in total. The lowest BCUT2D eigenvalue weighted by Crippen LogP contribution is -2.50. The van der Waals surface area contributed by atoms with Gasteiger partial charge in [-0.25, -0.2) is 0 Å². The lowest BCUT2D eigenvalue weighted by atomic mass is 10.2. The average Bonchev–Trinajstić information content (AvgIpc) is 2.67. The van der Waals surface area contributed by atoms with Gasteiger partial charge in [0.05, 0.1) is 18.8 Å². The van der Waals surface area contributed by atoms with Gasteiger partial charge in [-0.3, -0.25) is 4.79 Å². The van der Waals surface area contributed by atoms with Crippen LogP contribution in [-0.4, -0.2) is 54.9 Å². The molecule has 1 aliphatic rings. The number of carbonyl (C=O) groups is 1. The highest BCUT2D eigenvalue weighted by atomic mass is 16.5. The fourth-order valence-corrected chi connectivity index (χ4v) is 2.79. The van der Waals surface area contributed by atoms with Gasteiger partial charge in [-0.05, 0) is 27.7 Å². The maximum absolute atomic E-state index is 12.4. The molecule has 2 rings (SSSR count). The van der Waals surface area contributed by atoms with Gasteiger partial charge in [0.1, 0.15) is 11.4 Å². The molecule has 2 atom stereocenters. The van der Waals surface area contributed by atoms with Crippen molar-refractivity contribution in [2.24, 2.45) is 0 Å². The van der Waals surface area contributed by atoms with Crippen molar-refractivity contribution >= 4 is 11.6 Å². The second-order valence-corrected chi connectivity index (χ2v) is 5.58. The van der Waals surface area contributed by atoms with Crippen molar-refractivity contribution < 1.29 is 14.1 Å². The van der Waals surface area contributed by atoms with Crippen LogP contribution in [-0.2, 0) is 9.53 Å². The van der Waals surface area contributed by atoms with Gasteiger partial charge in [-0.1, -0.05) is 5.16 Å². The molecule has 0 aliphatic carbocycles. The van der Waals surface area contributed by atoms with Crippen molar-refractivity contribution in [1.29, 1.82) is 0 Å². The third kappa shape index (κ3) is 3.12. The number of carbonyl (C=O) groups excluding carboxylic acids is 1. The van der Waals surface area contributed by atoms with Crippen molar-refractivity contribution in [3.8, 4) is 0 Å². The minimum Gasteiger partial charge on any atom is -0.372 e. The van der Waals surface area contributed by atoms with Crippen molar-refractivity contribution in [2.75, 3.05) is 31.6 Å². The second-order valence-electron chi connectivity index (χ2n) is 5.58. The zero-order valence-electron chi connectivity index (χ0n) is 12.8.